The molecule has 32 heavy (non-hydrogen) atoms. The van der Waals surface area contributed by atoms with Crippen molar-refractivity contribution in [3.05, 3.63) is 71.9 Å². The van der Waals surface area contributed by atoms with Crippen molar-refractivity contribution in [2.75, 3.05) is 36.5 Å². The first kappa shape index (κ1) is 20.6. The Kier molecular flexibility index (Phi) is 5.83. The summed E-state index contributed by atoms with van der Waals surface area (Å²) in [5, 5.41) is 4.73. The molecule has 1 saturated heterocycles. The zero-order valence-corrected chi connectivity index (χ0v) is 18.7. The molecule has 3 heterocycles. The fourth-order valence-corrected chi connectivity index (χ4v) is 4.65. The summed E-state index contributed by atoms with van der Waals surface area (Å²) in [5.41, 5.74) is 5.82. The van der Waals surface area contributed by atoms with Crippen LogP contribution in [0.4, 0.5) is 10.7 Å². The lowest BCUT2D eigenvalue weighted by Crippen LogP contribution is -2.36. The van der Waals surface area contributed by atoms with E-state index in [0.29, 0.717) is 0 Å². The number of hydrogen-bond donors (Lipinski definition) is 1. The summed E-state index contributed by atoms with van der Waals surface area (Å²) in [7, 11) is 0. The molecule has 0 aliphatic carbocycles. The number of carbonyl (C=O) groups is 1. The van der Waals surface area contributed by atoms with Crippen molar-refractivity contribution in [2.24, 2.45) is 0 Å². The van der Waals surface area contributed by atoms with Gasteiger partial charge in [0.05, 0.1) is 36.5 Å². The van der Waals surface area contributed by atoms with E-state index in [0.717, 1.165) is 64.7 Å². The summed E-state index contributed by atoms with van der Waals surface area (Å²) in [4.78, 5) is 19.9. The van der Waals surface area contributed by atoms with E-state index in [1.54, 1.807) is 0 Å². The molecule has 0 spiro atoms. The van der Waals surface area contributed by atoms with Crippen molar-refractivity contribution < 1.29 is 9.53 Å². The maximum Gasteiger partial charge on any atom is 0.229 e. The molecule has 4 aromatic rings. The molecular formula is C25H24N4O2S. The second-order valence-electron chi connectivity index (χ2n) is 7.89. The summed E-state index contributed by atoms with van der Waals surface area (Å²) in [5.74, 6) is -0.0670. The molecule has 1 aliphatic rings. The number of para-hydroxylation sites is 1. The molecule has 7 heteroatoms. The van der Waals surface area contributed by atoms with E-state index in [1.165, 1.54) is 17.2 Å². The minimum atomic E-state index is -0.0670. The maximum absolute atomic E-state index is 12.6. The van der Waals surface area contributed by atoms with Crippen LogP contribution in [0.1, 0.15) is 11.3 Å². The first-order valence-electron chi connectivity index (χ1n) is 10.7. The van der Waals surface area contributed by atoms with Crippen LogP contribution in [-0.4, -0.2) is 41.6 Å². The Balaban J connectivity index is 1.43. The molecule has 6 nitrogen and oxygen atoms in total. The average Bonchev–Trinajstić information content (AvgIpc) is 3.24. The molecule has 1 aliphatic heterocycles. The van der Waals surface area contributed by atoms with Crippen molar-refractivity contribution in [1.82, 2.24) is 9.36 Å². The lowest BCUT2D eigenvalue weighted by molar-refractivity contribution is -0.115. The van der Waals surface area contributed by atoms with Gasteiger partial charge in [-0.25, -0.2) is 4.98 Å². The Bertz CT molecular complexity index is 1260. The third-order valence-electron chi connectivity index (χ3n) is 5.56. The molecule has 0 unspecified atom stereocenters. The maximum atomic E-state index is 12.6. The zero-order chi connectivity index (χ0) is 21.9. The van der Waals surface area contributed by atoms with Crippen LogP contribution in [0.15, 0.2) is 60.7 Å². The van der Waals surface area contributed by atoms with Crippen LogP contribution in [0.25, 0.3) is 22.2 Å². The highest BCUT2D eigenvalue weighted by atomic mass is 32.1. The van der Waals surface area contributed by atoms with Gasteiger partial charge in [-0.15, -0.1) is 0 Å². The fourth-order valence-electron chi connectivity index (χ4n) is 3.97. The number of amides is 1. The highest BCUT2D eigenvalue weighted by Crippen LogP contribution is 2.27. The minimum Gasteiger partial charge on any atom is -0.378 e. The van der Waals surface area contributed by atoms with Crippen molar-refractivity contribution >= 4 is 39.0 Å². The van der Waals surface area contributed by atoms with E-state index in [-0.39, 0.29) is 12.3 Å². The van der Waals surface area contributed by atoms with Crippen molar-refractivity contribution in [2.45, 2.75) is 13.3 Å². The summed E-state index contributed by atoms with van der Waals surface area (Å²) < 4.78 is 9.70. The Morgan fingerprint density at radius 3 is 2.75 bits per heavy atom. The molecule has 2 aromatic carbocycles. The van der Waals surface area contributed by atoms with Crippen molar-refractivity contribution in [1.29, 1.82) is 0 Å². The summed E-state index contributed by atoms with van der Waals surface area (Å²) >= 11 is 1.30. The van der Waals surface area contributed by atoms with E-state index >= 15 is 0 Å². The Morgan fingerprint density at radius 2 is 1.94 bits per heavy atom. The van der Waals surface area contributed by atoms with Gasteiger partial charge in [0.1, 0.15) is 5.00 Å². The van der Waals surface area contributed by atoms with E-state index in [9.17, 15) is 4.79 Å². The molecule has 2 aromatic heterocycles. The van der Waals surface area contributed by atoms with Gasteiger partial charge >= 0.3 is 0 Å². The number of fused-ring (bicyclic) bond motifs is 1. The number of pyridine rings is 1. The molecule has 0 radical (unpaired) electrons. The quantitative estimate of drug-likeness (QED) is 0.484. The van der Waals surface area contributed by atoms with E-state index in [2.05, 4.69) is 44.9 Å². The van der Waals surface area contributed by atoms with Gasteiger partial charge in [0.15, 0.2) is 0 Å². The van der Waals surface area contributed by atoms with Gasteiger partial charge in [-0.2, -0.15) is 4.37 Å². The van der Waals surface area contributed by atoms with Gasteiger partial charge in [-0.3, -0.25) is 4.79 Å². The number of rotatable bonds is 5. The Morgan fingerprint density at radius 1 is 1.09 bits per heavy atom. The topological polar surface area (TPSA) is 67.4 Å². The first-order valence-corrected chi connectivity index (χ1v) is 11.5. The van der Waals surface area contributed by atoms with Gasteiger partial charge in [0.25, 0.3) is 0 Å². The van der Waals surface area contributed by atoms with Crippen molar-refractivity contribution in [3.8, 4) is 11.3 Å². The number of hydrogen-bond acceptors (Lipinski definition) is 6. The predicted molar refractivity (Wildman–Crippen MR) is 129 cm³/mol. The van der Waals surface area contributed by atoms with Gasteiger partial charge < -0.3 is 15.0 Å². The monoisotopic (exact) mass is 444 g/mol. The largest absolute Gasteiger partial charge is 0.378 e. The molecule has 1 amide bonds. The van der Waals surface area contributed by atoms with Crippen LogP contribution < -0.4 is 10.2 Å². The highest BCUT2D eigenvalue weighted by molar-refractivity contribution is 7.10. The van der Waals surface area contributed by atoms with Gasteiger partial charge in [0.2, 0.25) is 5.91 Å². The average molecular weight is 445 g/mol. The number of carbonyl (C=O) groups excluding carboxylic acids is 1. The number of aromatic nitrogens is 2. The molecule has 1 N–H and O–H groups in total. The summed E-state index contributed by atoms with van der Waals surface area (Å²) in [6.45, 7) is 5.21. The standard InChI is InChI=1S/C25H24N4O2S/c1-17-14-24(32-28-17)27-23(30)16-20-6-2-4-18-8-9-22(26-25(18)20)19-5-3-7-21(15-19)29-10-12-31-13-11-29/h2-9,14-15H,10-13,16H2,1H3,(H,27,30). The van der Waals surface area contributed by atoms with Crippen LogP contribution in [0.5, 0.6) is 0 Å². The van der Waals surface area contributed by atoms with Crippen LogP contribution in [0.2, 0.25) is 0 Å². The first-order chi connectivity index (χ1) is 15.7. The van der Waals surface area contributed by atoms with E-state index < -0.39 is 0 Å². The molecule has 162 valence electrons. The zero-order valence-electron chi connectivity index (χ0n) is 17.9. The second-order valence-corrected chi connectivity index (χ2v) is 8.70. The number of nitrogens with one attached hydrogen (secondary N) is 1. The highest BCUT2D eigenvalue weighted by Gasteiger charge is 2.14. The Labute approximate surface area is 191 Å². The number of benzene rings is 2. The normalized spacial score (nSPS) is 14.0. The lowest BCUT2D eigenvalue weighted by atomic mass is 10.0. The number of nitrogens with zero attached hydrogens (tertiary/aromatic N) is 3. The third kappa shape index (κ3) is 4.49. The lowest BCUT2D eigenvalue weighted by Gasteiger charge is -2.29. The summed E-state index contributed by atoms with van der Waals surface area (Å²) in [6, 6.07) is 20.4. The molecule has 0 atom stereocenters. The van der Waals surface area contributed by atoms with Gasteiger partial charge in [-0.05, 0) is 48.3 Å². The molecular weight excluding hydrogens is 420 g/mol. The van der Waals surface area contributed by atoms with Crippen LogP contribution in [-0.2, 0) is 16.0 Å². The van der Waals surface area contributed by atoms with E-state index in [4.69, 9.17) is 9.72 Å². The molecule has 1 fully saturated rings. The number of aryl methyl sites for hydroxylation is 1. The third-order valence-corrected chi connectivity index (χ3v) is 6.36. The summed E-state index contributed by atoms with van der Waals surface area (Å²) in [6.07, 6.45) is 0.262. The number of ether oxygens (including phenoxy) is 1. The number of morpholine rings is 1. The SMILES string of the molecule is Cc1cc(NC(=O)Cc2cccc3ccc(-c4cccc(N5CCOCC5)c4)nc23)sn1. The second kappa shape index (κ2) is 9.06. The smallest absolute Gasteiger partial charge is 0.229 e. The van der Waals surface area contributed by atoms with Crippen molar-refractivity contribution in [3.63, 3.8) is 0 Å². The van der Waals surface area contributed by atoms with Crippen LogP contribution >= 0.6 is 11.5 Å². The number of anilines is 2. The van der Waals surface area contributed by atoms with E-state index in [1.807, 2.05) is 37.3 Å². The minimum absolute atomic E-state index is 0.0670. The molecule has 5 rings (SSSR count). The van der Waals surface area contributed by atoms with Gasteiger partial charge in [-0.1, -0.05) is 36.4 Å². The molecule has 0 saturated carbocycles. The Hall–Kier alpha value is -3.29. The predicted octanol–water partition coefficient (Wildman–Crippen LogP) is 4.68. The van der Waals surface area contributed by atoms with Crippen LogP contribution in [0.3, 0.4) is 0 Å². The molecule has 0 bridgehead atoms. The fraction of sp³-hybridized carbons (Fsp3) is 0.240. The van der Waals surface area contributed by atoms with Crippen LogP contribution in [0, 0.1) is 6.92 Å². The van der Waals surface area contributed by atoms with Gasteiger partial charge in [0, 0.05) is 29.7 Å².